The van der Waals surface area contributed by atoms with E-state index >= 15 is 0 Å². The Balaban J connectivity index is 1.78. The van der Waals surface area contributed by atoms with Gasteiger partial charge in [0.15, 0.2) is 6.61 Å². The van der Waals surface area contributed by atoms with Crippen molar-refractivity contribution in [2.45, 2.75) is 52.0 Å². The minimum absolute atomic E-state index is 0.0577. The van der Waals surface area contributed by atoms with Gasteiger partial charge < -0.3 is 4.74 Å². The second-order valence-electron chi connectivity index (χ2n) is 7.51. The maximum absolute atomic E-state index is 12.5. The Morgan fingerprint density at radius 3 is 2.45 bits per heavy atom. The molecule has 2 amide bonds. The lowest BCUT2D eigenvalue weighted by Crippen LogP contribution is -2.74. The van der Waals surface area contributed by atoms with Gasteiger partial charge in [0.05, 0.1) is 12.0 Å². The lowest BCUT2D eigenvalue weighted by atomic mass is 9.57. The number of esters is 1. The first-order valence-electron chi connectivity index (χ1n) is 7.90. The Labute approximate surface area is 130 Å². The summed E-state index contributed by atoms with van der Waals surface area (Å²) < 4.78 is 4.94. The summed E-state index contributed by atoms with van der Waals surface area (Å²) in [5.74, 6) is -0.170. The summed E-state index contributed by atoms with van der Waals surface area (Å²) in [5, 5.41) is 0. The van der Waals surface area contributed by atoms with Crippen molar-refractivity contribution in [3.8, 4) is 0 Å². The van der Waals surface area contributed by atoms with Crippen molar-refractivity contribution in [2.24, 2.45) is 17.3 Å². The van der Waals surface area contributed by atoms with E-state index in [0.29, 0.717) is 18.3 Å². The molecule has 3 atom stereocenters. The molecule has 0 radical (unpaired) electrons. The largest absolute Gasteiger partial charge is 0.452 e. The minimum Gasteiger partial charge on any atom is -0.452 e. The van der Waals surface area contributed by atoms with Gasteiger partial charge in [-0.1, -0.05) is 20.4 Å². The van der Waals surface area contributed by atoms with E-state index in [1.165, 1.54) is 18.2 Å². The van der Waals surface area contributed by atoms with Gasteiger partial charge in [-0.2, -0.15) is 0 Å². The highest BCUT2D eigenvalue weighted by Crippen LogP contribution is 2.68. The van der Waals surface area contributed by atoms with Crippen LogP contribution in [0, 0.1) is 17.3 Å². The number of rotatable bonds is 3. The molecule has 3 unspecified atom stereocenters. The normalized spacial score (nSPS) is 34.7. The number of carbonyl (C=O) groups excluding carboxylic acids is 3. The van der Waals surface area contributed by atoms with E-state index in [1.807, 2.05) is 0 Å². The van der Waals surface area contributed by atoms with Crippen LogP contribution in [-0.2, 0) is 19.1 Å². The predicted molar refractivity (Wildman–Crippen MR) is 79.6 cm³/mol. The third kappa shape index (κ3) is 1.74. The molecule has 120 valence electrons. The SMILES string of the molecule is C=C(C)C(=O)OCC(=O)N1C(=O)CC12C1CCC(C1)C2(C)C. The number of hydrogen-bond donors (Lipinski definition) is 0. The summed E-state index contributed by atoms with van der Waals surface area (Å²) in [6.07, 6.45) is 3.80. The van der Waals surface area contributed by atoms with E-state index in [-0.39, 0.29) is 29.0 Å². The maximum atomic E-state index is 12.5. The Morgan fingerprint density at radius 1 is 1.32 bits per heavy atom. The van der Waals surface area contributed by atoms with Crippen LogP contribution in [-0.4, -0.2) is 34.8 Å². The first kappa shape index (κ1) is 15.3. The van der Waals surface area contributed by atoms with Crippen LogP contribution < -0.4 is 0 Å². The first-order chi connectivity index (χ1) is 10.2. The van der Waals surface area contributed by atoms with E-state index in [1.54, 1.807) is 0 Å². The molecule has 0 aromatic rings. The zero-order valence-electron chi connectivity index (χ0n) is 13.5. The number of amides is 2. The molecule has 5 nitrogen and oxygen atoms in total. The Kier molecular flexibility index (Phi) is 3.24. The van der Waals surface area contributed by atoms with Crippen LogP contribution in [0.1, 0.15) is 46.5 Å². The number of β-lactam (4-membered cyclic amide) rings is 1. The smallest absolute Gasteiger partial charge is 0.333 e. The number of hydrogen-bond acceptors (Lipinski definition) is 4. The number of nitrogens with zero attached hydrogens (tertiary/aromatic N) is 1. The second-order valence-corrected chi connectivity index (χ2v) is 7.51. The van der Waals surface area contributed by atoms with Gasteiger partial charge in [-0.15, -0.1) is 0 Å². The summed E-state index contributed by atoms with van der Waals surface area (Å²) in [7, 11) is 0. The van der Waals surface area contributed by atoms with Gasteiger partial charge in [0.1, 0.15) is 0 Å². The molecular formula is C17H23NO4. The van der Waals surface area contributed by atoms with Gasteiger partial charge in [-0.3, -0.25) is 14.5 Å². The fourth-order valence-electron chi connectivity index (χ4n) is 4.99. The van der Waals surface area contributed by atoms with Crippen LogP contribution in [0.3, 0.4) is 0 Å². The standard InChI is InChI=1S/C17H23NO4/c1-10(2)15(21)22-9-14(20)18-13(19)8-17(18)12-6-5-11(7-12)16(17,3)4/h11-12H,1,5-9H2,2-4H3. The number of imide groups is 1. The maximum Gasteiger partial charge on any atom is 0.333 e. The van der Waals surface area contributed by atoms with Gasteiger partial charge >= 0.3 is 5.97 Å². The molecule has 1 spiro atoms. The quantitative estimate of drug-likeness (QED) is 0.455. The number of fused-ring (bicyclic) bond motifs is 3. The second kappa shape index (κ2) is 4.67. The summed E-state index contributed by atoms with van der Waals surface area (Å²) in [4.78, 5) is 37.5. The van der Waals surface area contributed by atoms with Crippen molar-refractivity contribution in [3.63, 3.8) is 0 Å². The molecule has 3 aliphatic rings. The van der Waals surface area contributed by atoms with E-state index in [0.717, 1.165) is 12.8 Å². The monoisotopic (exact) mass is 305 g/mol. The van der Waals surface area contributed by atoms with Gasteiger partial charge in [0, 0.05) is 5.57 Å². The van der Waals surface area contributed by atoms with E-state index in [9.17, 15) is 14.4 Å². The highest BCUT2D eigenvalue weighted by atomic mass is 16.5. The molecule has 22 heavy (non-hydrogen) atoms. The van der Waals surface area contributed by atoms with Crippen molar-refractivity contribution in [1.29, 1.82) is 0 Å². The fourth-order valence-corrected chi connectivity index (χ4v) is 4.99. The molecular weight excluding hydrogens is 282 g/mol. The van der Waals surface area contributed by atoms with Crippen molar-refractivity contribution in [1.82, 2.24) is 4.90 Å². The molecule has 2 bridgehead atoms. The summed E-state index contributed by atoms with van der Waals surface area (Å²) in [6, 6.07) is 0. The molecule has 0 aromatic carbocycles. The van der Waals surface area contributed by atoms with Gasteiger partial charge in [-0.25, -0.2) is 4.79 Å². The van der Waals surface area contributed by atoms with Crippen LogP contribution in [0.4, 0.5) is 0 Å². The van der Waals surface area contributed by atoms with Gasteiger partial charge in [0.25, 0.3) is 5.91 Å². The van der Waals surface area contributed by atoms with Crippen molar-refractivity contribution in [3.05, 3.63) is 12.2 Å². The third-order valence-electron chi connectivity index (χ3n) is 6.24. The fraction of sp³-hybridized carbons (Fsp3) is 0.706. The molecule has 2 saturated carbocycles. The molecule has 2 aliphatic carbocycles. The Morgan fingerprint density at radius 2 is 1.95 bits per heavy atom. The van der Waals surface area contributed by atoms with Crippen molar-refractivity contribution >= 4 is 17.8 Å². The highest BCUT2D eigenvalue weighted by Gasteiger charge is 2.72. The number of carbonyl (C=O) groups is 3. The van der Waals surface area contributed by atoms with Crippen molar-refractivity contribution in [2.75, 3.05) is 6.61 Å². The summed E-state index contributed by atoms with van der Waals surface area (Å²) >= 11 is 0. The van der Waals surface area contributed by atoms with E-state index < -0.39 is 11.9 Å². The molecule has 0 N–H and O–H groups in total. The molecule has 0 aromatic heterocycles. The molecule has 3 rings (SSSR count). The van der Waals surface area contributed by atoms with Crippen LogP contribution in [0.15, 0.2) is 12.2 Å². The molecule has 3 fully saturated rings. The zero-order chi connectivity index (χ0) is 16.3. The van der Waals surface area contributed by atoms with Crippen LogP contribution >= 0.6 is 0 Å². The number of ether oxygens (including phenoxy) is 1. The molecule has 5 heteroatoms. The van der Waals surface area contributed by atoms with E-state index in [2.05, 4.69) is 20.4 Å². The number of likely N-dealkylation sites (tertiary alicyclic amines) is 1. The summed E-state index contributed by atoms with van der Waals surface area (Å²) in [5.41, 5.74) is -0.171. The molecule has 1 heterocycles. The molecule has 1 aliphatic heterocycles. The average molecular weight is 305 g/mol. The zero-order valence-corrected chi connectivity index (χ0v) is 13.5. The lowest BCUT2D eigenvalue weighted by Gasteiger charge is -2.61. The Hall–Kier alpha value is -1.65. The van der Waals surface area contributed by atoms with Crippen molar-refractivity contribution < 1.29 is 19.1 Å². The van der Waals surface area contributed by atoms with E-state index in [4.69, 9.17) is 4.74 Å². The summed E-state index contributed by atoms with van der Waals surface area (Å²) in [6.45, 7) is 8.97. The average Bonchev–Trinajstić information content (AvgIpc) is 2.97. The van der Waals surface area contributed by atoms with Crippen LogP contribution in [0.25, 0.3) is 0 Å². The third-order valence-corrected chi connectivity index (χ3v) is 6.24. The highest BCUT2D eigenvalue weighted by molar-refractivity contribution is 6.03. The van der Waals surface area contributed by atoms with Gasteiger partial charge in [-0.05, 0) is 43.4 Å². The Bertz CT molecular complexity index is 579. The topological polar surface area (TPSA) is 63.7 Å². The first-order valence-corrected chi connectivity index (χ1v) is 7.90. The van der Waals surface area contributed by atoms with Gasteiger partial charge in [0.2, 0.25) is 5.91 Å². The predicted octanol–water partition coefficient (Wildman–Crippen LogP) is 2.06. The van der Waals surface area contributed by atoms with Crippen LogP contribution in [0.2, 0.25) is 0 Å². The minimum atomic E-state index is -0.595. The lowest BCUT2D eigenvalue weighted by molar-refractivity contribution is -0.189. The van der Waals surface area contributed by atoms with Crippen LogP contribution in [0.5, 0.6) is 0 Å². The molecule has 1 saturated heterocycles.